The van der Waals surface area contributed by atoms with Crippen LogP contribution < -0.4 is 0 Å². The maximum Gasteiger partial charge on any atom is 0.161 e. The van der Waals surface area contributed by atoms with Gasteiger partial charge in [-0.25, -0.2) is 0 Å². The molecule has 1 aliphatic heterocycles. The largest absolute Gasteiger partial charge is 0.374 e. The summed E-state index contributed by atoms with van der Waals surface area (Å²) in [5.41, 5.74) is 0. The molecule has 0 unspecified atom stereocenters. The van der Waals surface area contributed by atoms with Crippen molar-refractivity contribution in [2.24, 2.45) is 5.92 Å². The lowest BCUT2D eigenvalue weighted by Gasteiger charge is -2.15. The van der Waals surface area contributed by atoms with Crippen molar-refractivity contribution in [2.75, 3.05) is 13.2 Å². The van der Waals surface area contributed by atoms with Crippen LogP contribution >= 0.6 is 0 Å². The number of rotatable bonds is 0. The monoisotopic (exact) mass is 114 g/mol. The predicted molar refractivity (Wildman–Crippen MR) is 29.6 cm³/mol. The van der Waals surface area contributed by atoms with E-state index in [9.17, 15) is 4.79 Å². The molecule has 0 aromatic rings. The van der Waals surface area contributed by atoms with Gasteiger partial charge in [0.15, 0.2) is 5.78 Å². The van der Waals surface area contributed by atoms with E-state index in [2.05, 4.69) is 0 Å². The number of Topliss-reactive ketones (excluding diaryl/α,β-unsaturated/α-hetero) is 1. The molecule has 8 heavy (non-hydrogen) atoms. The van der Waals surface area contributed by atoms with E-state index in [1.54, 1.807) is 0 Å². The van der Waals surface area contributed by atoms with Crippen LogP contribution in [0.25, 0.3) is 0 Å². The first kappa shape index (κ1) is 5.76. The van der Waals surface area contributed by atoms with Crippen LogP contribution in [0, 0.1) is 5.92 Å². The standard InChI is InChI=1S/C6H10O2/c1-5-2-3-8-4-6(5)7/h5H,2-4H2,1H3/t5-/m1/s1. The maximum absolute atomic E-state index is 10.7. The highest BCUT2D eigenvalue weighted by Crippen LogP contribution is 2.08. The molecule has 1 saturated heterocycles. The molecule has 1 atom stereocenters. The first-order chi connectivity index (χ1) is 3.80. The van der Waals surface area contributed by atoms with E-state index < -0.39 is 0 Å². The third-order valence-electron chi connectivity index (χ3n) is 1.49. The molecule has 0 aliphatic carbocycles. The molecule has 0 saturated carbocycles. The molecule has 2 heteroatoms. The van der Waals surface area contributed by atoms with Gasteiger partial charge in [0.25, 0.3) is 0 Å². The van der Waals surface area contributed by atoms with Crippen molar-refractivity contribution in [3.05, 3.63) is 0 Å². The van der Waals surface area contributed by atoms with E-state index in [1.165, 1.54) is 0 Å². The van der Waals surface area contributed by atoms with E-state index >= 15 is 0 Å². The first-order valence-corrected chi connectivity index (χ1v) is 2.91. The van der Waals surface area contributed by atoms with E-state index in [4.69, 9.17) is 4.74 Å². The van der Waals surface area contributed by atoms with Crippen molar-refractivity contribution in [1.29, 1.82) is 0 Å². The average molecular weight is 114 g/mol. The van der Waals surface area contributed by atoms with Crippen LogP contribution in [0.1, 0.15) is 13.3 Å². The Bertz CT molecular complexity index is 98.7. The van der Waals surface area contributed by atoms with Gasteiger partial charge in [-0.05, 0) is 6.42 Å². The summed E-state index contributed by atoms with van der Waals surface area (Å²) in [6.07, 6.45) is 0.902. The van der Waals surface area contributed by atoms with Crippen molar-refractivity contribution >= 4 is 5.78 Å². The van der Waals surface area contributed by atoms with Gasteiger partial charge in [0.1, 0.15) is 6.61 Å². The Morgan fingerprint density at radius 1 is 1.75 bits per heavy atom. The van der Waals surface area contributed by atoms with E-state index in [0.29, 0.717) is 6.61 Å². The van der Waals surface area contributed by atoms with Crippen molar-refractivity contribution in [2.45, 2.75) is 13.3 Å². The Hall–Kier alpha value is -0.370. The van der Waals surface area contributed by atoms with Crippen LogP contribution in [0.5, 0.6) is 0 Å². The van der Waals surface area contributed by atoms with Crippen molar-refractivity contribution in [3.8, 4) is 0 Å². The van der Waals surface area contributed by atoms with Gasteiger partial charge >= 0.3 is 0 Å². The highest BCUT2D eigenvalue weighted by atomic mass is 16.5. The Morgan fingerprint density at radius 3 is 2.88 bits per heavy atom. The summed E-state index contributed by atoms with van der Waals surface area (Å²) in [4.78, 5) is 10.7. The van der Waals surface area contributed by atoms with E-state index in [0.717, 1.165) is 13.0 Å². The summed E-state index contributed by atoms with van der Waals surface area (Å²) < 4.78 is 4.90. The summed E-state index contributed by atoms with van der Waals surface area (Å²) in [6, 6.07) is 0. The fourth-order valence-corrected chi connectivity index (χ4v) is 0.736. The second kappa shape index (κ2) is 2.27. The average Bonchev–Trinajstić information content (AvgIpc) is 1.77. The third kappa shape index (κ3) is 1.07. The Kier molecular flexibility index (Phi) is 1.63. The van der Waals surface area contributed by atoms with Gasteiger partial charge in [0.2, 0.25) is 0 Å². The molecular formula is C6H10O2. The molecule has 0 radical (unpaired) electrons. The Labute approximate surface area is 48.8 Å². The van der Waals surface area contributed by atoms with Crippen molar-refractivity contribution < 1.29 is 9.53 Å². The van der Waals surface area contributed by atoms with Crippen molar-refractivity contribution in [3.63, 3.8) is 0 Å². The SMILES string of the molecule is C[C@@H]1CCOCC1=O. The van der Waals surface area contributed by atoms with Crippen LogP contribution in [-0.4, -0.2) is 19.0 Å². The maximum atomic E-state index is 10.7. The lowest BCUT2D eigenvalue weighted by molar-refractivity contribution is -0.131. The molecule has 0 aromatic heterocycles. The van der Waals surface area contributed by atoms with Crippen LogP contribution in [0.4, 0.5) is 0 Å². The molecule has 0 aromatic carbocycles. The third-order valence-corrected chi connectivity index (χ3v) is 1.49. The topological polar surface area (TPSA) is 26.3 Å². The first-order valence-electron chi connectivity index (χ1n) is 2.91. The Balaban J connectivity index is 2.39. The lowest BCUT2D eigenvalue weighted by Crippen LogP contribution is -2.24. The zero-order chi connectivity index (χ0) is 5.98. The zero-order valence-electron chi connectivity index (χ0n) is 5.02. The smallest absolute Gasteiger partial charge is 0.161 e. The molecular weight excluding hydrogens is 104 g/mol. The summed E-state index contributed by atoms with van der Waals surface area (Å²) in [6.45, 7) is 3.04. The molecule has 0 bridgehead atoms. The van der Waals surface area contributed by atoms with Gasteiger partial charge in [-0.2, -0.15) is 0 Å². The van der Waals surface area contributed by atoms with Crippen LogP contribution in [0.3, 0.4) is 0 Å². The van der Waals surface area contributed by atoms with Gasteiger partial charge in [-0.3, -0.25) is 4.79 Å². The minimum atomic E-state index is 0.240. The predicted octanol–water partition coefficient (Wildman–Crippen LogP) is 0.612. The minimum Gasteiger partial charge on any atom is -0.374 e. The molecule has 2 nitrogen and oxygen atoms in total. The van der Waals surface area contributed by atoms with Crippen LogP contribution in [-0.2, 0) is 9.53 Å². The highest BCUT2D eigenvalue weighted by Gasteiger charge is 2.16. The number of carbonyl (C=O) groups excluding carboxylic acids is 1. The summed E-state index contributed by atoms with van der Waals surface area (Å²) in [5.74, 6) is 0.486. The Morgan fingerprint density at radius 2 is 2.50 bits per heavy atom. The van der Waals surface area contributed by atoms with Gasteiger partial charge in [-0.1, -0.05) is 6.92 Å². The molecule has 46 valence electrons. The highest BCUT2D eigenvalue weighted by molar-refractivity contribution is 5.82. The molecule has 0 N–H and O–H groups in total. The van der Waals surface area contributed by atoms with Gasteiger partial charge in [0, 0.05) is 12.5 Å². The number of hydrogen-bond acceptors (Lipinski definition) is 2. The number of ketones is 1. The summed E-state index contributed by atoms with van der Waals surface area (Å²) in [5, 5.41) is 0. The van der Waals surface area contributed by atoms with Gasteiger partial charge in [0.05, 0.1) is 0 Å². The molecule has 1 fully saturated rings. The zero-order valence-corrected chi connectivity index (χ0v) is 5.02. The normalized spacial score (nSPS) is 30.6. The summed E-state index contributed by atoms with van der Waals surface area (Å²) in [7, 11) is 0. The molecule has 1 rings (SSSR count). The van der Waals surface area contributed by atoms with Crippen molar-refractivity contribution in [1.82, 2.24) is 0 Å². The van der Waals surface area contributed by atoms with E-state index in [1.807, 2.05) is 6.92 Å². The molecule has 1 aliphatic rings. The molecule has 0 amide bonds. The fourth-order valence-electron chi connectivity index (χ4n) is 0.736. The fraction of sp³-hybridized carbons (Fsp3) is 0.833. The van der Waals surface area contributed by atoms with Gasteiger partial charge < -0.3 is 4.74 Å². The van der Waals surface area contributed by atoms with Crippen LogP contribution in [0.2, 0.25) is 0 Å². The lowest BCUT2D eigenvalue weighted by atomic mass is 10.0. The number of ether oxygens (including phenoxy) is 1. The van der Waals surface area contributed by atoms with Gasteiger partial charge in [-0.15, -0.1) is 0 Å². The molecule has 0 spiro atoms. The second-order valence-corrected chi connectivity index (χ2v) is 2.21. The summed E-state index contributed by atoms with van der Waals surface area (Å²) >= 11 is 0. The van der Waals surface area contributed by atoms with E-state index in [-0.39, 0.29) is 11.7 Å². The molecule has 1 heterocycles. The second-order valence-electron chi connectivity index (χ2n) is 2.21. The number of hydrogen-bond donors (Lipinski definition) is 0. The number of carbonyl (C=O) groups is 1. The quantitative estimate of drug-likeness (QED) is 0.461. The van der Waals surface area contributed by atoms with Crippen LogP contribution in [0.15, 0.2) is 0 Å². The minimum absolute atomic E-state index is 0.240.